The van der Waals surface area contributed by atoms with Crippen molar-refractivity contribution in [3.05, 3.63) is 16.4 Å². The molecule has 0 aliphatic heterocycles. The Hall–Kier alpha value is -0.540. The van der Waals surface area contributed by atoms with Crippen LogP contribution in [-0.4, -0.2) is 14.9 Å². The molecule has 1 aromatic heterocycles. The monoisotopic (exact) mass is 242 g/mol. The summed E-state index contributed by atoms with van der Waals surface area (Å²) in [5.41, 5.74) is 1.89. The predicted molar refractivity (Wildman–Crippen MR) is 64.7 cm³/mol. The summed E-state index contributed by atoms with van der Waals surface area (Å²) >= 11 is 6.23. The lowest BCUT2D eigenvalue weighted by molar-refractivity contribution is 0.280. The lowest BCUT2D eigenvalue weighted by Crippen LogP contribution is -2.01. The summed E-state index contributed by atoms with van der Waals surface area (Å²) in [4.78, 5) is 0. The molecule has 0 saturated heterocycles. The molecule has 1 N–H and O–H groups in total. The molecule has 90 valence electrons. The molecule has 0 amide bonds. The lowest BCUT2D eigenvalue weighted by atomic mass is 10.0. The van der Waals surface area contributed by atoms with Gasteiger partial charge in [-0.15, -0.1) is 0 Å². The third-order valence-electron chi connectivity index (χ3n) is 3.35. The number of halogens is 1. The second kappa shape index (κ2) is 5.19. The van der Waals surface area contributed by atoms with Gasteiger partial charge in [-0.05, 0) is 19.3 Å². The van der Waals surface area contributed by atoms with Crippen molar-refractivity contribution in [2.24, 2.45) is 0 Å². The minimum absolute atomic E-state index is 0.00831. The van der Waals surface area contributed by atoms with Crippen LogP contribution >= 0.6 is 11.6 Å². The Labute approximate surface area is 101 Å². The van der Waals surface area contributed by atoms with E-state index in [9.17, 15) is 5.11 Å². The molecule has 0 radical (unpaired) electrons. The molecule has 0 aromatic carbocycles. The number of aromatic nitrogens is 2. The first-order valence-corrected chi connectivity index (χ1v) is 6.51. The Morgan fingerprint density at radius 3 is 2.69 bits per heavy atom. The topological polar surface area (TPSA) is 38.0 Å². The third-order valence-corrected chi connectivity index (χ3v) is 3.77. The van der Waals surface area contributed by atoms with Gasteiger partial charge in [0.2, 0.25) is 0 Å². The van der Waals surface area contributed by atoms with Gasteiger partial charge in [-0.1, -0.05) is 31.4 Å². The Kier molecular flexibility index (Phi) is 3.87. The van der Waals surface area contributed by atoms with Gasteiger partial charge >= 0.3 is 0 Å². The second-order valence-electron chi connectivity index (χ2n) is 4.52. The number of nitrogens with zero attached hydrogens (tertiary/aromatic N) is 2. The van der Waals surface area contributed by atoms with Crippen molar-refractivity contribution in [2.45, 2.75) is 58.1 Å². The number of rotatable bonds is 4. The van der Waals surface area contributed by atoms with E-state index < -0.39 is 0 Å². The minimum Gasteiger partial charge on any atom is -0.391 e. The lowest BCUT2D eigenvalue weighted by Gasteiger charge is -2.06. The normalized spacial score (nSPS) is 17.2. The molecule has 0 unspecified atom stereocenters. The van der Waals surface area contributed by atoms with E-state index in [0.717, 1.165) is 24.2 Å². The van der Waals surface area contributed by atoms with Crippen LogP contribution in [0.2, 0.25) is 5.15 Å². The average Bonchev–Trinajstić information content (AvgIpc) is 2.88. The van der Waals surface area contributed by atoms with E-state index in [1.165, 1.54) is 25.7 Å². The smallest absolute Gasteiger partial charge is 0.132 e. The highest BCUT2D eigenvalue weighted by Gasteiger charge is 2.25. The van der Waals surface area contributed by atoms with Gasteiger partial charge < -0.3 is 5.11 Å². The first-order valence-electron chi connectivity index (χ1n) is 6.13. The van der Waals surface area contributed by atoms with Gasteiger partial charge in [0.25, 0.3) is 0 Å². The summed E-state index contributed by atoms with van der Waals surface area (Å²) in [7, 11) is 0. The zero-order chi connectivity index (χ0) is 11.5. The Balaban J connectivity index is 2.31. The zero-order valence-electron chi connectivity index (χ0n) is 9.75. The summed E-state index contributed by atoms with van der Waals surface area (Å²) in [6.07, 6.45) is 5.93. The Bertz CT molecular complexity index is 356. The molecule has 16 heavy (non-hydrogen) atoms. The van der Waals surface area contributed by atoms with E-state index in [2.05, 4.69) is 12.0 Å². The Morgan fingerprint density at radius 2 is 2.12 bits per heavy atom. The standard InChI is InChI=1S/C12H19ClN2O/c1-2-7-15-12(13)10(8-16)11(14-15)9-5-3-4-6-9/h9,16H,2-8H2,1H3. The fourth-order valence-corrected chi connectivity index (χ4v) is 2.81. The van der Waals surface area contributed by atoms with Crippen LogP contribution in [0.4, 0.5) is 0 Å². The molecular formula is C12H19ClN2O. The minimum atomic E-state index is 0.00831. The van der Waals surface area contributed by atoms with Crippen molar-refractivity contribution in [3.63, 3.8) is 0 Å². The summed E-state index contributed by atoms with van der Waals surface area (Å²) in [6.45, 7) is 2.94. The summed E-state index contributed by atoms with van der Waals surface area (Å²) < 4.78 is 1.83. The van der Waals surface area contributed by atoms with Gasteiger partial charge in [-0.25, -0.2) is 0 Å². The van der Waals surface area contributed by atoms with Gasteiger partial charge in [-0.2, -0.15) is 5.10 Å². The molecule has 0 atom stereocenters. The van der Waals surface area contributed by atoms with Crippen LogP contribution in [0.5, 0.6) is 0 Å². The van der Waals surface area contributed by atoms with Crippen molar-refractivity contribution in [1.82, 2.24) is 9.78 Å². The van der Waals surface area contributed by atoms with Crippen LogP contribution in [-0.2, 0) is 13.2 Å². The van der Waals surface area contributed by atoms with Crippen molar-refractivity contribution in [2.75, 3.05) is 0 Å². The van der Waals surface area contributed by atoms with Crippen molar-refractivity contribution in [3.8, 4) is 0 Å². The fraction of sp³-hybridized carbons (Fsp3) is 0.750. The first kappa shape index (κ1) is 11.9. The van der Waals surface area contributed by atoms with E-state index in [1.807, 2.05) is 4.68 Å². The van der Waals surface area contributed by atoms with Crippen LogP contribution in [0.15, 0.2) is 0 Å². The maximum Gasteiger partial charge on any atom is 0.132 e. The molecule has 0 spiro atoms. The van der Waals surface area contributed by atoms with E-state index in [1.54, 1.807) is 0 Å². The molecule has 1 aliphatic carbocycles. The van der Waals surface area contributed by atoms with E-state index >= 15 is 0 Å². The van der Waals surface area contributed by atoms with E-state index in [-0.39, 0.29) is 6.61 Å². The third kappa shape index (κ3) is 2.11. The van der Waals surface area contributed by atoms with Gasteiger partial charge in [0, 0.05) is 18.0 Å². The molecule has 0 bridgehead atoms. The van der Waals surface area contributed by atoms with Crippen LogP contribution in [0.3, 0.4) is 0 Å². The summed E-state index contributed by atoms with van der Waals surface area (Å²) in [5.74, 6) is 0.512. The molecule has 1 heterocycles. The number of hydrogen-bond donors (Lipinski definition) is 1. The predicted octanol–water partition coefficient (Wildman–Crippen LogP) is 3.10. The van der Waals surface area contributed by atoms with Crippen molar-refractivity contribution < 1.29 is 5.11 Å². The maximum atomic E-state index is 9.40. The fourth-order valence-electron chi connectivity index (χ4n) is 2.53. The maximum absolute atomic E-state index is 9.40. The highest BCUT2D eigenvalue weighted by molar-refractivity contribution is 6.30. The van der Waals surface area contributed by atoms with Crippen LogP contribution < -0.4 is 0 Å². The van der Waals surface area contributed by atoms with Gasteiger partial charge in [0.05, 0.1) is 12.3 Å². The van der Waals surface area contributed by atoms with Gasteiger partial charge in [0.1, 0.15) is 5.15 Å². The zero-order valence-corrected chi connectivity index (χ0v) is 10.5. The van der Waals surface area contributed by atoms with Gasteiger partial charge in [-0.3, -0.25) is 4.68 Å². The largest absolute Gasteiger partial charge is 0.391 e. The van der Waals surface area contributed by atoms with Crippen LogP contribution in [0.25, 0.3) is 0 Å². The average molecular weight is 243 g/mol. The molecule has 1 aliphatic rings. The van der Waals surface area contributed by atoms with Crippen molar-refractivity contribution >= 4 is 11.6 Å². The molecule has 1 saturated carbocycles. The highest BCUT2D eigenvalue weighted by Crippen LogP contribution is 2.37. The van der Waals surface area contributed by atoms with Crippen molar-refractivity contribution in [1.29, 1.82) is 0 Å². The number of aliphatic hydroxyl groups excluding tert-OH is 1. The SMILES string of the molecule is CCCn1nc(C2CCCC2)c(CO)c1Cl. The molecular weight excluding hydrogens is 224 g/mol. The first-order chi connectivity index (χ1) is 7.77. The number of aryl methyl sites for hydroxylation is 1. The molecule has 3 nitrogen and oxygen atoms in total. The number of aliphatic hydroxyl groups is 1. The molecule has 2 rings (SSSR count). The summed E-state index contributed by atoms with van der Waals surface area (Å²) in [5, 5.41) is 14.6. The quantitative estimate of drug-likeness (QED) is 0.881. The summed E-state index contributed by atoms with van der Waals surface area (Å²) in [6, 6.07) is 0. The molecule has 1 aromatic rings. The Morgan fingerprint density at radius 1 is 1.44 bits per heavy atom. The molecule has 1 fully saturated rings. The highest BCUT2D eigenvalue weighted by atomic mass is 35.5. The number of hydrogen-bond acceptors (Lipinski definition) is 2. The van der Waals surface area contributed by atoms with Crippen LogP contribution in [0.1, 0.15) is 56.2 Å². The van der Waals surface area contributed by atoms with E-state index in [4.69, 9.17) is 11.6 Å². The van der Waals surface area contributed by atoms with Gasteiger partial charge in [0.15, 0.2) is 0 Å². The van der Waals surface area contributed by atoms with E-state index in [0.29, 0.717) is 11.1 Å². The second-order valence-corrected chi connectivity index (χ2v) is 4.88. The molecule has 4 heteroatoms. The van der Waals surface area contributed by atoms with Crippen LogP contribution in [0, 0.1) is 0 Å².